The molecule has 2 rings (SSSR count). The van der Waals surface area contributed by atoms with Crippen LogP contribution in [0.5, 0.6) is 0 Å². The number of halogens is 1. The summed E-state index contributed by atoms with van der Waals surface area (Å²) < 4.78 is 0. The van der Waals surface area contributed by atoms with Crippen molar-refractivity contribution in [2.45, 2.75) is 51.1 Å². The number of rotatable bonds is 5. The molecule has 1 amide bonds. The maximum absolute atomic E-state index is 12.2. The summed E-state index contributed by atoms with van der Waals surface area (Å²) >= 11 is 0. The Balaban J connectivity index is 0.00000242. The van der Waals surface area contributed by atoms with Gasteiger partial charge in [-0.15, -0.1) is 12.4 Å². The van der Waals surface area contributed by atoms with E-state index in [1.165, 1.54) is 0 Å². The van der Waals surface area contributed by atoms with E-state index in [1.807, 2.05) is 38.2 Å². The second-order valence-electron chi connectivity index (χ2n) is 6.09. The van der Waals surface area contributed by atoms with Crippen molar-refractivity contribution in [1.29, 1.82) is 0 Å². The number of nitrogens with zero attached hydrogens (tertiary/aromatic N) is 2. The zero-order valence-electron chi connectivity index (χ0n) is 13.4. The molecule has 2 heterocycles. The van der Waals surface area contributed by atoms with Gasteiger partial charge in [0.25, 0.3) is 0 Å². The fourth-order valence-corrected chi connectivity index (χ4v) is 2.78. The first kappa shape index (κ1) is 18.7. The number of anilines is 1. The molecule has 1 aromatic heterocycles. The van der Waals surface area contributed by atoms with Crippen LogP contribution in [-0.4, -0.2) is 35.6 Å². The SMILES string of the molecule is CCCC(C)(N)C(=O)NC1CCN(c2ccccn2)CC1.Cl. The predicted molar refractivity (Wildman–Crippen MR) is 92.4 cm³/mol. The summed E-state index contributed by atoms with van der Waals surface area (Å²) in [6.07, 6.45) is 5.31. The van der Waals surface area contributed by atoms with Crippen molar-refractivity contribution in [3.05, 3.63) is 24.4 Å². The highest BCUT2D eigenvalue weighted by molar-refractivity contribution is 5.86. The van der Waals surface area contributed by atoms with E-state index < -0.39 is 5.54 Å². The molecule has 0 radical (unpaired) electrons. The third-order valence-electron chi connectivity index (χ3n) is 4.09. The van der Waals surface area contributed by atoms with E-state index in [9.17, 15) is 4.79 Å². The molecule has 124 valence electrons. The average molecular weight is 327 g/mol. The highest BCUT2D eigenvalue weighted by atomic mass is 35.5. The Kier molecular flexibility index (Phi) is 7.10. The van der Waals surface area contributed by atoms with Gasteiger partial charge in [0.05, 0.1) is 5.54 Å². The van der Waals surface area contributed by atoms with Crippen molar-refractivity contribution < 1.29 is 4.79 Å². The normalized spacial score (nSPS) is 18.2. The van der Waals surface area contributed by atoms with E-state index in [0.29, 0.717) is 6.42 Å². The summed E-state index contributed by atoms with van der Waals surface area (Å²) in [5.41, 5.74) is 5.32. The van der Waals surface area contributed by atoms with E-state index in [-0.39, 0.29) is 24.4 Å². The number of nitrogens with one attached hydrogen (secondary N) is 1. The van der Waals surface area contributed by atoms with Gasteiger partial charge in [-0.25, -0.2) is 4.98 Å². The standard InChI is InChI=1S/C16H26N4O.ClH/c1-3-9-16(2,17)15(21)19-13-7-11-20(12-8-13)14-6-4-5-10-18-14;/h4-6,10,13H,3,7-9,11-12,17H2,1-2H3,(H,19,21);1H. The van der Waals surface area contributed by atoms with Gasteiger partial charge in [-0.1, -0.05) is 19.4 Å². The summed E-state index contributed by atoms with van der Waals surface area (Å²) in [5.74, 6) is 0.984. The van der Waals surface area contributed by atoms with Crippen LogP contribution in [0.2, 0.25) is 0 Å². The van der Waals surface area contributed by atoms with Crippen LogP contribution in [0.3, 0.4) is 0 Å². The third kappa shape index (κ3) is 4.85. The van der Waals surface area contributed by atoms with Gasteiger partial charge in [0.1, 0.15) is 5.82 Å². The van der Waals surface area contributed by atoms with Crippen molar-refractivity contribution in [3.63, 3.8) is 0 Å². The van der Waals surface area contributed by atoms with Crippen molar-refractivity contribution in [2.24, 2.45) is 5.73 Å². The topological polar surface area (TPSA) is 71.2 Å². The van der Waals surface area contributed by atoms with Gasteiger partial charge in [-0.2, -0.15) is 0 Å². The lowest BCUT2D eigenvalue weighted by molar-refractivity contribution is -0.126. The van der Waals surface area contributed by atoms with Gasteiger partial charge in [-0.05, 0) is 38.3 Å². The molecule has 1 atom stereocenters. The van der Waals surface area contributed by atoms with Crippen molar-refractivity contribution in [1.82, 2.24) is 10.3 Å². The smallest absolute Gasteiger partial charge is 0.240 e. The molecule has 0 saturated carbocycles. The van der Waals surface area contributed by atoms with Crippen LogP contribution in [0.4, 0.5) is 5.82 Å². The molecule has 1 saturated heterocycles. The van der Waals surface area contributed by atoms with E-state index in [1.54, 1.807) is 0 Å². The molecule has 1 aromatic rings. The molecule has 1 aliphatic heterocycles. The number of hydrogen-bond donors (Lipinski definition) is 2. The van der Waals surface area contributed by atoms with Gasteiger partial charge in [0.15, 0.2) is 0 Å². The van der Waals surface area contributed by atoms with Gasteiger partial charge in [0, 0.05) is 25.3 Å². The first-order chi connectivity index (χ1) is 10.0. The van der Waals surface area contributed by atoms with Gasteiger partial charge in [-0.3, -0.25) is 4.79 Å². The van der Waals surface area contributed by atoms with Crippen LogP contribution in [0.15, 0.2) is 24.4 Å². The molecule has 0 aromatic carbocycles. The van der Waals surface area contributed by atoms with Gasteiger partial charge < -0.3 is 16.0 Å². The molecular formula is C16H27ClN4O. The quantitative estimate of drug-likeness (QED) is 0.869. The lowest BCUT2D eigenvalue weighted by atomic mass is 9.95. The molecule has 5 nitrogen and oxygen atoms in total. The maximum atomic E-state index is 12.2. The number of carbonyl (C=O) groups is 1. The Morgan fingerprint density at radius 3 is 2.68 bits per heavy atom. The number of pyridine rings is 1. The van der Waals surface area contributed by atoms with Crippen molar-refractivity contribution in [3.8, 4) is 0 Å². The number of nitrogens with two attached hydrogens (primary N) is 1. The first-order valence-corrected chi connectivity index (χ1v) is 7.79. The number of carbonyl (C=O) groups excluding carboxylic acids is 1. The highest BCUT2D eigenvalue weighted by Gasteiger charge is 2.30. The lowest BCUT2D eigenvalue weighted by Crippen LogP contribution is -2.55. The number of aromatic nitrogens is 1. The summed E-state index contributed by atoms with van der Waals surface area (Å²) in [6.45, 7) is 5.69. The van der Waals surface area contributed by atoms with E-state index in [2.05, 4.69) is 15.2 Å². The Morgan fingerprint density at radius 1 is 1.45 bits per heavy atom. The number of amides is 1. The molecule has 1 aliphatic rings. The van der Waals surface area contributed by atoms with Crippen LogP contribution in [0, 0.1) is 0 Å². The fraction of sp³-hybridized carbons (Fsp3) is 0.625. The lowest BCUT2D eigenvalue weighted by Gasteiger charge is -2.34. The molecular weight excluding hydrogens is 300 g/mol. The molecule has 0 bridgehead atoms. The minimum Gasteiger partial charge on any atom is -0.356 e. The monoisotopic (exact) mass is 326 g/mol. The fourth-order valence-electron chi connectivity index (χ4n) is 2.78. The highest BCUT2D eigenvalue weighted by Crippen LogP contribution is 2.18. The minimum atomic E-state index is -0.757. The largest absolute Gasteiger partial charge is 0.356 e. The van der Waals surface area contributed by atoms with Gasteiger partial charge in [0.2, 0.25) is 5.91 Å². The molecule has 0 aliphatic carbocycles. The van der Waals surface area contributed by atoms with Crippen LogP contribution < -0.4 is 16.0 Å². The predicted octanol–water partition coefficient (Wildman–Crippen LogP) is 2.11. The van der Waals surface area contributed by atoms with Crippen molar-refractivity contribution in [2.75, 3.05) is 18.0 Å². The van der Waals surface area contributed by atoms with Crippen LogP contribution >= 0.6 is 12.4 Å². The molecule has 3 N–H and O–H groups in total. The maximum Gasteiger partial charge on any atom is 0.240 e. The van der Waals surface area contributed by atoms with Crippen LogP contribution in [0.1, 0.15) is 39.5 Å². The Hall–Kier alpha value is -1.33. The second kappa shape index (κ2) is 8.34. The molecule has 1 fully saturated rings. The molecule has 6 heteroatoms. The Bertz CT molecular complexity index is 458. The minimum absolute atomic E-state index is 0. The van der Waals surface area contributed by atoms with E-state index >= 15 is 0 Å². The third-order valence-corrected chi connectivity index (χ3v) is 4.09. The molecule has 0 spiro atoms. The Labute approximate surface area is 139 Å². The van der Waals surface area contributed by atoms with Crippen molar-refractivity contribution >= 4 is 24.1 Å². The molecule has 22 heavy (non-hydrogen) atoms. The zero-order chi connectivity index (χ0) is 15.3. The summed E-state index contributed by atoms with van der Waals surface area (Å²) in [6, 6.07) is 6.17. The van der Waals surface area contributed by atoms with Crippen LogP contribution in [-0.2, 0) is 4.79 Å². The zero-order valence-corrected chi connectivity index (χ0v) is 14.2. The second-order valence-corrected chi connectivity index (χ2v) is 6.09. The number of piperidine rings is 1. The van der Waals surface area contributed by atoms with E-state index in [4.69, 9.17) is 5.73 Å². The Morgan fingerprint density at radius 2 is 2.14 bits per heavy atom. The summed E-state index contributed by atoms with van der Waals surface area (Å²) in [5, 5.41) is 3.10. The molecule has 1 unspecified atom stereocenters. The van der Waals surface area contributed by atoms with Gasteiger partial charge >= 0.3 is 0 Å². The first-order valence-electron chi connectivity index (χ1n) is 7.79. The summed E-state index contributed by atoms with van der Waals surface area (Å²) in [7, 11) is 0. The summed E-state index contributed by atoms with van der Waals surface area (Å²) in [4.78, 5) is 18.8. The average Bonchev–Trinajstić information content (AvgIpc) is 2.49. The van der Waals surface area contributed by atoms with E-state index in [0.717, 1.165) is 38.2 Å². The van der Waals surface area contributed by atoms with Crippen LogP contribution in [0.25, 0.3) is 0 Å². The number of hydrogen-bond acceptors (Lipinski definition) is 4.